The third-order valence-electron chi connectivity index (χ3n) is 2.52. The van der Waals surface area contributed by atoms with E-state index in [0.717, 1.165) is 12.2 Å². The minimum absolute atomic E-state index is 0.00926. The maximum absolute atomic E-state index is 10.6. The molecule has 0 radical (unpaired) electrons. The Morgan fingerprint density at radius 2 is 1.00 bits per heavy atom. The number of hydrogen-bond acceptors (Lipinski definition) is 6. The van der Waals surface area contributed by atoms with Gasteiger partial charge in [-0.1, -0.05) is 13.8 Å². The Balaban J connectivity index is 0. The highest BCUT2D eigenvalue weighted by Crippen LogP contribution is 2.12. The Morgan fingerprint density at radius 3 is 1.17 bits per heavy atom. The van der Waals surface area contributed by atoms with Gasteiger partial charge < -0.3 is 19.7 Å². The summed E-state index contributed by atoms with van der Waals surface area (Å²) < 4.78 is 9.07. The fourth-order valence-electron chi connectivity index (χ4n) is 1.50. The molecule has 0 rings (SSSR count). The lowest BCUT2D eigenvalue weighted by molar-refractivity contribution is -0.140. The molecular formula is C16H24O8. The normalized spacial score (nSPS) is 11.0. The molecule has 0 atom stereocenters. The quantitative estimate of drug-likeness (QED) is 0.505. The van der Waals surface area contributed by atoms with E-state index in [1.807, 2.05) is 0 Å². The number of hydrogen-bond donors (Lipinski definition) is 2. The average molecular weight is 344 g/mol. The Hall–Kier alpha value is -2.64. The smallest absolute Gasteiger partial charge is 0.332 e. The van der Waals surface area contributed by atoms with Crippen LogP contribution in [0.15, 0.2) is 23.3 Å². The summed E-state index contributed by atoms with van der Waals surface area (Å²) in [6.45, 7) is 7.23. The number of carboxylic acid groups (broad SMARTS) is 2. The highest BCUT2D eigenvalue weighted by atomic mass is 16.5. The second-order valence-corrected chi connectivity index (χ2v) is 4.11. The van der Waals surface area contributed by atoms with Crippen molar-refractivity contribution in [2.24, 2.45) is 0 Å². The third-order valence-corrected chi connectivity index (χ3v) is 2.52. The molecule has 0 aliphatic carbocycles. The molecule has 136 valence electrons. The number of carbonyl (C=O) groups excluding carboxylic acids is 2. The van der Waals surface area contributed by atoms with Crippen molar-refractivity contribution in [2.75, 3.05) is 13.2 Å². The molecule has 0 aliphatic rings. The topological polar surface area (TPSA) is 127 Å². The Kier molecular flexibility index (Phi) is 13.8. The second kappa shape index (κ2) is 14.0. The predicted octanol–water partition coefficient (Wildman–Crippen LogP) is 1.94. The van der Waals surface area contributed by atoms with Crippen molar-refractivity contribution in [3.05, 3.63) is 23.3 Å². The molecule has 0 aromatic heterocycles. The van der Waals surface area contributed by atoms with Crippen LogP contribution in [0.5, 0.6) is 0 Å². The van der Waals surface area contributed by atoms with Gasteiger partial charge in [0, 0.05) is 23.3 Å². The van der Waals surface area contributed by atoms with Crippen LogP contribution in [-0.2, 0) is 28.7 Å². The Morgan fingerprint density at radius 1 is 0.708 bits per heavy atom. The zero-order valence-electron chi connectivity index (χ0n) is 14.3. The van der Waals surface area contributed by atoms with Crippen LogP contribution in [0, 0.1) is 0 Å². The lowest BCUT2D eigenvalue weighted by Gasteiger charge is -2.03. The van der Waals surface area contributed by atoms with Crippen molar-refractivity contribution in [3.63, 3.8) is 0 Å². The number of ether oxygens (including phenoxy) is 2. The van der Waals surface area contributed by atoms with Crippen molar-refractivity contribution in [1.82, 2.24) is 0 Å². The molecule has 0 saturated heterocycles. The molecule has 0 bridgehead atoms. The summed E-state index contributed by atoms with van der Waals surface area (Å²) >= 11 is 0. The van der Waals surface area contributed by atoms with Crippen LogP contribution >= 0.6 is 0 Å². The first kappa shape index (κ1) is 23.6. The monoisotopic (exact) mass is 344 g/mol. The van der Waals surface area contributed by atoms with Crippen molar-refractivity contribution >= 4 is 23.9 Å². The predicted molar refractivity (Wildman–Crippen MR) is 85.3 cm³/mol. The van der Waals surface area contributed by atoms with Gasteiger partial charge in [0.15, 0.2) is 0 Å². The van der Waals surface area contributed by atoms with Crippen molar-refractivity contribution in [3.8, 4) is 0 Å². The van der Waals surface area contributed by atoms with Gasteiger partial charge in [-0.3, -0.25) is 0 Å². The van der Waals surface area contributed by atoms with Crippen LogP contribution < -0.4 is 0 Å². The fraction of sp³-hybridized carbons (Fsp3) is 0.500. The minimum atomic E-state index is -1.14. The van der Waals surface area contributed by atoms with Gasteiger partial charge in [-0.25, -0.2) is 19.2 Å². The first-order valence-electron chi connectivity index (χ1n) is 7.45. The van der Waals surface area contributed by atoms with E-state index in [0.29, 0.717) is 13.2 Å². The molecule has 0 heterocycles. The van der Waals surface area contributed by atoms with Gasteiger partial charge in [-0.15, -0.1) is 0 Å². The fourth-order valence-corrected chi connectivity index (χ4v) is 1.50. The lowest BCUT2D eigenvalue weighted by Crippen LogP contribution is -2.10. The van der Waals surface area contributed by atoms with Crippen LogP contribution in [-0.4, -0.2) is 47.3 Å². The zero-order valence-corrected chi connectivity index (χ0v) is 14.3. The van der Waals surface area contributed by atoms with E-state index < -0.39 is 23.9 Å². The van der Waals surface area contributed by atoms with E-state index >= 15 is 0 Å². The van der Waals surface area contributed by atoms with E-state index in [-0.39, 0.29) is 24.0 Å². The molecule has 0 spiro atoms. The SMILES string of the molecule is CC/C(C(=O)O)=C(/CC)C(=O)O.CCOC(=O)/C=C/C(=O)OCC. The van der Waals surface area contributed by atoms with Gasteiger partial charge >= 0.3 is 23.9 Å². The minimum Gasteiger partial charge on any atom is -0.478 e. The standard InChI is InChI=1S/2C8H12O4/c1-3-11-7(9)5-6-8(10)12-4-2;1-3-5(7(9)10)6(4-2)8(11)12/h5-6H,3-4H2,1-2H3;3-4H2,1-2H3,(H,9,10)(H,11,12)/b2*6-5+. The van der Waals surface area contributed by atoms with Crippen LogP contribution in [0.25, 0.3) is 0 Å². The van der Waals surface area contributed by atoms with E-state index in [1.54, 1.807) is 27.7 Å². The zero-order chi connectivity index (χ0) is 19.1. The van der Waals surface area contributed by atoms with Gasteiger partial charge in [0.2, 0.25) is 0 Å². The second-order valence-electron chi connectivity index (χ2n) is 4.11. The van der Waals surface area contributed by atoms with E-state index in [4.69, 9.17) is 10.2 Å². The molecule has 8 nitrogen and oxygen atoms in total. The lowest BCUT2D eigenvalue weighted by atomic mass is 10.0. The molecule has 0 unspecified atom stereocenters. The molecule has 2 N–H and O–H groups in total. The highest BCUT2D eigenvalue weighted by Gasteiger charge is 2.16. The molecule has 0 saturated carbocycles. The molecule has 0 aromatic rings. The molecule has 0 fully saturated rings. The molecule has 24 heavy (non-hydrogen) atoms. The summed E-state index contributed by atoms with van der Waals surface area (Å²) in [7, 11) is 0. The van der Waals surface area contributed by atoms with Gasteiger partial charge in [-0.2, -0.15) is 0 Å². The van der Waals surface area contributed by atoms with Gasteiger partial charge in [-0.05, 0) is 26.7 Å². The number of rotatable bonds is 8. The van der Waals surface area contributed by atoms with Crippen molar-refractivity contribution < 1.29 is 38.9 Å². The van der Waals surface area contributed by atoms with Crippen LogP contribution in [0.4, 0.5) is 0 Å². The maximum Gasteiger partial charge on any atom is 0.332 e. The molecule has 0 amide bonds. The van der Waals surface area contributed by atoms with Crippen LogP contribution in [0.3, 0.4) is 0 Å². The summed E-state index contributed by atoms with van der Waals surface area (Å²) in [5.41, 5.74) is -0.0185. The molecule has 8 heteroatoms. The number of aliphatic carboxylic acids is 2. The summed E-state index contributed by atoms with van der Waals surface area (Å²) in [6.07, 6.45) is 2.57. The summed E-state index contributed by atoms with van der Waals surface area (Å²) in [5.74, 6) is -3.36. The number of carboxylic acids is 2. The van der Waals surface area contributed by atoms with E-state index in [9.17, 15) is 19.2 Å². The molecular weight excluding hydrogens is 320 g/mol. The first-order valence-corrected chi connectivity index (χ1v) is 7.45. The van der Waals surface area contributed by atoms with Gasteiger partial charge in [0.1, 0.15) is 0 Å². The number of esters is 2. The van der Waals surface area contributed by atoms with Crippen LogP contribution in [0.1, 0.15) is 40.5 Å². The maximum atomic E-state index is 10.6. The summed E-state index contributed by atoms with van der Waals surface area (Å²) in [4.78, 5) is 42.3. The highest BCUT2D eigenvalue weighted by molar-refractivity contribution is 5.98. The van der Waals surface area contributed by atoms with Gasteiger partial charge in [0.25, 0.3) is 0 Å². The van der Waals surface area contributed by atoms with Crippen LogP contribution in [0.2, 0.25) is 0 Å². The van der Waals surface area contributed by atoms with E-state index in [1.165, 1.54) is 0 Å². The average Bonchev–Trinajstić information content (AvgIpc) is 2.51. The third kappa shape index (κ3) is 11.0. The Bertz CT molecular complexity index is 458. The Labute approximate surface area is 140 Å². The summed E-state index contributed by atoms with van der Waals surface area (Å²) in [5, 5.41) is 17.2. The molecule has 0 aliphatic heterocycles. The van der Waals surface area contributed by atoms with Gasteiger partial charge in [0.05, 0.1) is 13.2 Å². The molecule has 0 aromatic carbocycles. The largest absolute Gasteiger partial charge is 0.478 e. The van der Waals surface area contributed by atoms with Crippen molar-refractivity contribution in [2.45, 2.75) is 40.5 Å². The van der Waals surface area contributed by atoms with E-state index in [2.05, 4.69) is 9.47 Å². The first-order chi connectivity index (χ1) is 11.2. The van der Waals surface area contributed by atoms with Crippen molar-refractivity contribution in [1.29, 1.82) is 0 Å². The summed E-state index contributed by atoms with van der Waals surface area (Å²) in [6, 6.07) is 0. The number of carbonyl (C=O) groups is 4.